The van der Waals surface area contributed by atoms with Gasteiger partial charge in [0, 0.05) is 13.1 Å². The van der Waals surface area contributed by atoms with Crippen LogP contribution in [-0.2, 0) is 14.3 Å². The van der Waals surface area contributed by atoms with Gasteiger partial charge in [-0.2, -0.15) is 0 Å². The lowest BCUT2D eigenvalue weighted by Crippen LogP contribution is -2.50. The summed E-state index contributed by atoms with van der Waals surface area (Å²) in [5.41, 5.74) is -0.625. The first-order valence-corrected chi connectivity index (χ1v) is 10.2. The Kier molecular flexibility index (Phi) is 8.90. The third kappa shape index (κ3) is 8.85. The Morgan fingerprint density at radius 2 is 1.85 bits per heavy atom. The van der Waals surface area contributed by atoms with Gasteiger partial charge in [0.1, 0.15) is 18.2 Å². The van der Waals surface area contributed by atoms with Crippen molar-refractivity contribution >= 4 is 45.1 Å². The maximum Gasteiger partial charge on any atom is 0.326 e. The molecule has 0 aliphatic heterocycles. The number of halogens is 1. The standard InChI is InChI=1S/C18H28BrN3O4S/c1-12(20-16(24)13-7-8-14(19)27-13)17(25)22(10-9-21(5)6)11-15(23)26-18(2,3)4/h7-8,12H,9-11H2,1-6H3,(H,20,24). The highest BCUT2D eigenvalue weighted by atomic mass is 79.9. The number of carbonyl (C=O) groups is 3. The first-order chi connectivity index (χ1) is 12.4. The van der Waals surface area contributed by atoms with Crippen molar-refractivity contribution in [1.82, 2.24) is 15.1 Å². The molecule has 1 atom stereocenters. The Hall–Kier alpha value is -1.45. The lowest BCUT2D eigenvalue weighted by molar-refractivity contribution is -0.159. The fourth-order valence-corrected chi connectivity index (χ4v) is 3.45. The number of thiophene rings is 1. The highest BCUT2D eigenvalue weighted by Crippen LogP contribution is 2.22. The molecule has 1 aromatic rings. The van der Waals surface area contributed by atoms with Crippen molar-refractivity contribution in [3.05, 3.63) is 20.8 Å². The van der Waals surface area contributed by atoms with E-state index in [1.807, 2.05) is 19.0 Å². The Bertz CT molecular complexity index is 670. The van der Waals surface area contributed by atoms with Gasteiger partial charge in [-0.15, -0.1) is 11.3 Å². The Balaban J connectivity index is 2.78. The minimum atomic E-state index is -0.761. The van der Waals surface area contributed by atoms with Crippen LogP contribution in [0.5, 0.6) is 0 Å². The Morgan fingerprint density at radius 1 is 1.22 bits per heavy atom. The lowest BCUT2D eigenvalue weighted by atomic mass is 10.2. The third-order valence-corrected chi connectivity index (χ3v) is 5.01. The number of likely N-dealkylation sites (N-methyl/N-ethyl adjacent to an activating group) is 1. The van der Waals surface area contributed by atoms with Gasteiger partial charge >= 0.3 is 5.97 Å². The van der Waals surface area contributed by atoms with E-state index < -0.39 is 17.6 Å². The van der Waals surface area contributed by atoms with Gasteiger partial charge in [-0.25, -0.2) is 0 Å². The van der Waals surface area contributed by atoms with Crippen LogP contribution in [0.1, 0.15) is 37.4 Å². The van der Waals surface area contributed by atoms with E-state index in [0.29, 0.717) is 18.0 Å². The molecule has 9 heteroatoms. The molecule has 0 aromatic carbocycles. The van der Waals surface area contributed by atoms with Gasteiger partial charge in [0.2, 0.25) is 5.91 Å². The van der Waals surface area contributed by atoms with E-state index in [4.69, 9.17) is 4.74 Å². The van der Waals surface area contributed by atoms with Crippen LogP contribution in [0.3, 0.4) is 0 Å². The molecule has 0 saturated carbocycles. The van der Waals surface area contributed by atoms with E-state index in [0.717, 1.165) is 3.79 Å². The van der Waals surface area contributed by atoms with Crippen molar-refractivity contribution in [3.63, 3.8) is 0 Å². The predicted octanol–water partition coefficient (Wildman–Crippen LogP) is 2.36. The van der Waals surface area contributed by atoms with Crippen LogP contribution in [-0.4, -0.2) is 73.0 Å². The molecule has 0 radical (unpaired) electrons. The zero-order valence-corrected chi connectivity index (χ0v) is 19.1. The van der Waals surface area contributed by atoms with E-state index in [1.54, 1.807) is 39.8 Å². The molecule has 1 heterocycles. The summed E-state index contributed by atoms with van der Waals surface area (Å²) in [6.45, 7) is 7.73. The SMILES string of the molecule is CC(NC(=O)c1ccc(Br)s1)C(=O)N(CCN(C)C)CC(=O)OC(C)(C)C. The predicted molar refractivity (Wildman–Crippen MR) is 110 cm³/mol. The van der Waals surface area contributed by atoms with Crippen molar-refractivity contribution in [2.45, 2.75) is 39.3 Å². The fraction of sp³-hybridized carbons (Fsp3) is 0.611. The van der Waals surface area contributed by atoms with Gasteiger partial charge in [-0.1, -0.05) is 0 Å². The van der Waals surface area contributed by atoms with E-state index in [9.17, 15) is 14.4 Å². The van der Waals surface area contributed by atoms with Gasteiger partial charge in [0.05, 0.1) is 8.66 Å². The Labute approximate surface area is 173 Å². The maximum absolute atomic E-state index is 12.8. The van der Waals surface area contributed by atoms with Crippen LogP contribution in [0.2, 0.25) is 0 Å². The molecular weight excluding hydrogens is 434 g/mol. The second-order valence-electron chi connectivity index (χ2n) is 7.45. The molecule has 1 rings (SSSR count). The number of nitrogens with one attached hydrogen (secondary N) is 1. The summed E-state index contributed by atoms with van der Waals surface area (Å²) >= 11 is 4.60. The minimum absolute atomic E-state index is 0.158. The number of hydrogen-bond acceptors (Lipinski definition) is 6. The van der Waals surface area contributed by atoms with Crippen LogP contribution < -0.4 is 5.32 Å². The quantitative estimate of drug-likeness (QED) is 0.601. The average molecular weight is 462 g/mol. The van der Waals surface area contributed by atoms with E-state index in [-0.39, 0.29) is 18.4 Å². The molecule has 152 valence electrons. The van der Waals surface area contributed by atoms with Gasteiger partial charge < -0.3 is 19.9 Å². The summed E-state index contributed by atoms with van der Waals surface area (Å²) in [4.78, 5) is 41.1. The van der Waals surface area contributed by atoms with Crippen molar-refractivity contribution in [2.24, 2.45) is 0 Å². The first kappa shape index (κ1) is 23.6. The number of amides is 2. The van der Waals surface area contributed by atoms with Crippen LogP contribution in [0.15, 0.2) is 15.9 Å². The monoisotopic (exact) mass is 461 g/mol. The van der Waals surface area contributed by atoms with Crippen molar-refractivity contribution in [3.8, 4) is 0 Å². The topological polar surface area (TPSA) is 79.0 Å². The van der Waals surface area contributed by atoms with Gasteiger partial charge in [0.25, 0.3) is 5.91 Å². The van der Waals surface area contributed by atoms with E-state index in [2.05, 4.69) is 21.2 Å². The number of rotatable bonds is 8. The number of ether oxygens (including phenoxy) is 1. The zero-order chi connectivity index (χ0) is 20.8. The summed E-state index contributed by atoms with van der Waals surface area (Å²) < 4.78 is 6.16. The summed E-state index contributed by atoms with van der Waals surface area (Å²) in [5, 5.41) is 2.69. The molecule has 0 fully saturated rings. The van der Waals surface area contributed by atoms with E-state index in [1.165, 1.54) is 16.2 Å². The molecule has 1 N–H and O–H groups in total. The number of esters is 1. The fourth-order valence-electron chi connectivity index (χ4n) is 2.16. The van der Waals surface area contributed by atoms with E-state index >= 15 is 0 Å². The van der Waals surface area contributed by atoms with Crippen LogP contribution in [0.25, 0.3) is 0 Å². The van der Waals surface area contributed by atoms with Gasteiger partial charge in [-0.05, 0) is 69.9 Å². The first-order valence-electron chi connectivity index (χ1n) is 8.60. The third-order valence-electron chi connectivity index (χ3n) is 3.38. The minimum Gasteiger partial charge on any atom is -0.459 e. The van der Waals surface area contributed by atoms with Crippen LogP contribution in [0.4, 0.5) is 0 Å². The second kappa shape index (κ2) is 10.2. The second-order valence-corrected chi connectivity index (χ2v) is 9.91. The highest BCUT2D eigenvalue weighted by molar-refractivity contribution is 9.11. The number of carbonyl (C=O) groups excluding carboxylic acids is 3. The average Bonchev–Trinajstić information content (AvgIpc) is 2.95. The Morgan fingerprint density at radius 3 is 2.33 bits per heavy atom. The molecule has 27 heavy (non-hydrogen) atoms. The highest BCUT2D eigenvalue weighted by Gasteiger charge is 2.26. The lowest BCUT2D eigenvalue weighted by Gasteiger charge is -2.28. The summed E-state index contributed by atoms with van der Waals surface area (Å²) in [5.74, 6) is -1.13. The molecule has 1 aromatic heterocycles. The van der Waals surface area contributed by atoms with Gasteiger partial charge in [0.15, 0.2) is 0 Å². The summed E-state index contributed by atoms with van der Waals surface area (Å²) in [6, 6.07) is 2.70. The zero-order valence-electron chi connectivity index (χ0n) is 16.7. The summed E-state index contributed by atoms with van der Waals surface area (Å²) in [6.07, 6.45) is 0. The normalized spacial score (nSPS) is 12.6. The number of hydrogen-bond donors (Lipinski definition) is 1. The molecule has 0 aliphatic rings. The molecule has 0 bridgehead atoms. The molecule has 0 aliphatic carbocycles. The maximum atomic E-state index is 12.8. The van der Waals surface area contributed by atoms with Gasteiger partial charge in [-0.3, -0.25) is 14.4 Å². The smallest absolute Gasteiger partial charge is 0.326 e. The molecule has 0 spiro atoms. The molecule has 0 saturated heterocycles. The van der Waals surface area contributed by atoms with Crippen LogP contribution in [0, 0.1) is 0 Å². The molecule has 7 nitrogen and oxygen atoms in total. The molecular formula is C18H28BrN3O4S. The molecule has 1 unspecified atom stereocenters. The molecule has 2 amide bonds. The largest absolute Gasteiger partial charge is 0.459 e. The van der Waals surface area contributed by atoms with Crippen molar-refractivity contribution < 1.29 is 19.1 Å². The van der Waals surface area contributed by atoms with Crippen LogP contribution >= 0.6 is 27.3 Å². The summed E-state index contributed by atoms with van der Waals surface area (Å²) in [7, 11) is 3.77. The van der Waals surface area contributed by atoms with Crippen molar-refractivity contribution in [1.29, 1.82) is 0 Å². The number of nitrogens with zero attached hydrogens (tertiary/aromatic N) is 2. The van der Waals surface area contributed by atoms with Crippen molar-refractivity contribution in [2.75, 3.05) is 33.7 Å².